The Morgan fingerprint density at radius 1 is 1.00 bits per heavy atom. The molecule has 0 bridgehead atoms. The van der Waals surface area contributed by atoms with Crippen LogP contribution in [0, 0.1) is 5.92 Å². The molecule has 1 aliphatic rings. The zero-order chi connectivity index (χ0) is 18.1. The molecule has 4 rings (SSSR count). The second-order valence-electron chi connectivity index (χ2n) is 7.30. The molecule has 0 spiro atoms. The average Bonchev–Trinajstić information content (AvgIpc) is 2.66. The number of amides is 1. The van der Waals surface area contributed by atoms with Gasteiger partial charge in [0, 0.05) is 23.3 Å². The maximum Gasteiger partial charge on any atom is 0.225 e. The summed E-state index contributed by atoms with van der Waals surface area (Å²) in [5.74, 6) is 1.39. The fraction of sp³-hybridized carbons (Fsp3) is 0.261. The predicted octanol–water partition coefficient (Wildman–Crippen LogP) is 5.35. The highest BCUT2D eigenvalue weighted by Crippen LogP contribution is 2.43. The van der Waals surface area contributed by atoms with Gasteiger partial charge in [-0.15, -0.1) is 0 Å². The number of hydrogen-bond donors (Lipinski definition) is 1. The number of carbonyl (C=O) groups is 1. The van der Waals surface area contributed by atoms with E-state index in [0.29, 0.717) is 18.9 Å². The number of hydrogen-bond acceptors (Lipinski definition) is 2. The van der Waals surface area contributed by atoms with Gasteiger partial charge in [-0.05, 0) is 22.9 Å². The molecule has 0 aliphatic carbocycles. The first-order chi connectivity index (χ1) is 12.6. The van der Waals surface area contributed by atoms with E-state index in [1.54, 1.807) is 0 Å². The highest BCUT2D eigenvalue weighted by molar-refractivity contribution is 6.06. The molecule has 3 heteroatoms. The van der Waals surface area contributed by atoms with E-state index in [1.807, 2.05) is 30.3 Å². The van der Waals surface area contributed by atoms with E-state index in [9.17, 15) is 4.79 Å². The third kappa shape index (κ3) is 3.05. The van der Waals surface area contributed by atoms with Gasteiger partial charge >= 0.3 is 0 Å². The molecule has 3 aromatic carbocycles. The van der Waals surface area contributed by atoms with Gasteiger partial charge in [0.2, 0.25) is 5.91 Å². The molecule has 1 amide bonds. The van der Waals surface area contributed by atoms with Crippen molar-refractivity contribution in [3.63, 3.8) is 0 Å². The van der Waals surface area contributed by atoms with E-state index in [1.165, 1.54) is 0 Å². The van der Waals surface area contributed by atoms with Crippen LogP contribution < -0.4 is 10.1 Å². The molecule has 26 heavy (non-hydrogen) atoms. The first-order valence-corrected chi connectivity index (χ1v) is 9.16. The molecule has 1 aliphatic heterocycles. The second kappa shape index (κ2) is 6.83. The first-order valence-electron chi connectivity index (χ1n) is 9.16. The standard InChI is InChI=1S/C23H23NO2/c1-15(2)14-26-21-10-6-5-9-18(21)20-13-22(25)24-23-17-8-4-3-7-16(17)11-12-19(20)23/h3-12,15,20H,13-14H2,1-2H3,(H,24,25)/t20-/m0/s1. The SMILES string of the molecule is CC(C)COc1ccccc1[C@@H]1CC(=O)Nc2c1ccc1ccccc21. The Bertz CT molecular complexity index is 961. The van der Waals surface area contributed by atoms with E-state index in [-0.39, 0.29) is 11.8 Å². The summed E-state index contributed by atoms with van der Waals surface area (Å²) < 4.78 is 6.06. The summed E-state index contributed by atoms with van der Waals surface area (Å²) in [6.07, 6.45) is 0.438. The molecule has 0 saturated carbocycles. The summed E-state index contributed by atoms with van der Waals surface area (Å²) in [6.45, 7) is 4.94. The molecule has 0 aromatic heterocycles. The molecule has 3 nitrogen and oxygen atoms in total. The summed E-state index contributed by atoms with van der Waals surface area (Å²) in [6, 6.07) is 20.5. The minimum atomic E-state index is 0.00622. The lowest BCUT2D eigenvalue weighted by molar-refractivity contribution is -0.116. The second-order valence-corrected chi connectivity index (χ2v) is 7.30. The number of anilines is 1. The zero-order valence-corrected chi connectivity index (χ0v) is 15.2. The van der Waals surface area contributed by atoms with Gasteiger partial charge in [-0.3, -0.25) is 4.79 Å². The van der Waals surface area contributed by atoms with Gasteiger partial charge < -0.3 is 10.1 Å². The molecule has 132 valence electrons. The lowest BCUT2D eigenvalue weighted by Gasteiger charge is -2.28. The molecule has 1 atom stereocenters. The van der Waals surface area contributed by atoms with E-state index in [2.05, 4.69) is 49.5 Å². The number of benzene rings is 3. The van der Waals surface area contributed by atoms with Crippen LogP contribution in [0.1, 0.15) is 37.3 Å². The van der Waals surface area contributed by atoms with Crippen molar-refractivity contribution in [1.29, 1.82) is 0 Å². The quantitative estimate of drug-likeness (QED) is 0.692. The fourth-order valence-electron chi connectivity index (χ4n) is 3.64. The predicted molar refractivity (Wildman–Crippen MR) is 106 cm³/mol. The Hall–Kier alpha value is -2.81. The Balaban J connectivity index is 1.83. The Morgan fingerprint density at radius 3 is 2.62 bits per heavy atom. The lowest BCUT2D eigenvalue weighted by Crippen LogP contribution is -2.24. The van der Waals surface area contributed by atoms with Gasteiger partial charge in [0.1, 0.15) is 5.75 Å². The Kier molecular flexibility index (Phi) is 4.37. The number of fused-ring (bicyclic) bond motifs is 3. The normalized spacial score (nSPS) is 16.4. The van der Waals surface area contributed by atoms with Crippen molar-refractivity contribution in [2.24, 2.45) is 5.92 Å². The van der Waals surface area contributed by atoms with E-state index >= 15 is 0 Å². The number of carbonyl (C=O) groups excluding carboxylic acids is 1. The summed E-state index contributed by atoms with van der Waals surface area (Å²) in [5, 5.41) is 5.31. The summed E-state index contributed by atoms with van der Waals surface area (Å²) in [7, 11) is 0. The van der Waals surface area contributed by atoms with E-state index < -0.39 is 0 Å². The summed E-state index contributed by atoms with van der Waals surface area (Å²) in [4.78, 5) is 12.5. The smallest absolute Gasteiger partial charge is 0.225 e. The van der Waals surface area contributed by atoms with Crippen LogP contribution in [-0.2, 0) is 4.79 Å². The molecular formula is C23H23NO2. The van der Waals surface area contributed by atoms with Gasteiger partial charge in [-0.25, -0.2) is 0 Å². The highest BCUT2D eigenvalue weighted by atomic mass is 16.5. The monoisotopic (exact) mass is 345 g/mol. The van der Waals surface area contributed by atoms with Crippen LogP contribution in [0.4, 0.5) is 5.69 Å². The van der Waals surface area contributed by atoms with Crippen LogP contribution in [0.5, 0.6) is 5.75 Å². The zero-order valence-electron chi connectivity index (χ0n) is 15.2. The van der Waals surface area contributed by atoms with Gasteiger partial charge in [0.05, 0.1) is 12.3 Å². The highest BCUT2D eigenvalue weighted by Gasteiger charge is 2.29. The molecule has 1 heterocycles. The van der Waals surface area contributed by atoms with E-state index in [4.69, 9.17) is 4.74 Å². The van der Waals surface area contributed by atoms with Gasteiger partial charge in [-0.2, -0.15) is 0 Å². The van der Waals surface area contributed by atoms with Crippen LogP contribution in [-0.4, -0.2) is 12.5 Å². The number of ether oxygens (including phenoxy) is 1. The summed E-state index contributed by atoms with van der Waals surface area (Å²) in [5.41, 5.74) is 3.17. The number of para-hydroxylation sites is 1. The Labute approximate surface area is 154 Å². The van der Waals surface area contributed by atoms with Crippen LogP contribution in [0.15, 0.2) is 60.7 Å². The minimum Gasteiger partial charge on any atom is -0.493 e. The van der Waals surface area contributed by atoms with Crippen molar-refractivity contribution in [2.75, 3.05) is 11.9 Å². The van der Waals surface area contributed by atoms with Crippen molar-refractivity contribution >= 4 is 22.4 Å². The largest absolute Gasteiger partial charge is 0.493 e. The van der Waals surface area contributed by atoms with Gasteiger partial charge in [0.15, 0.2) is 0 Å². The third-order valence-electron chi connectivity index (χ3n) is 4.86. The third-order valence-corrected chi connectivity index (χ3v) is 4.86. The maximum atomic E-state index is 12.5. The minimum absolute atomic E-state index is 0.00622. The number of rotatable bonds is 4. The Morgan fingerprint density at radius 2 is 1.77 bits per heavy atom. The van der Waals surface area contributed by atoms with Crippen LogP contribution in [0.25, 0.3) is 10.8 Å². The summed E-state index contributed by atoms with van der Waals surface area (Å²) >= 11 is 0. The molecular weight excluding hydrogens is 322 g/mol. The molecule has 1 N–H and O–H groups in total. The van der Waals surface area contributed by atoms with Crippen molar-refractivity contribution in [3.05, 3.63) is 71.8 Å². The maximum absolute atomic E-state index is 12.5. The molecule has 0 fully saturated rings. The van der Waals surface area contributed by atoms with Crippen LogP contribution in [0.3, 0.4) is 0 Å². The van der Waals surface area contributed by atoms with Crippen molar-refractivity contribution in [2.45, 2.75) is 26.2 Å². The van der Waals surface area contributed by atoms with Gasteiger partial charge in [0.25, 0.3) is 0 Å². The number of nitrogens with one attached hydrogen (secondary N) is 1. The fourth-order valence-corrected chi connectivity index (χ4v) is 3.64. The van der Waals surface area contributed by atoms with Crippen molar-refractivity contribution in [1.82, 2.24) is 0 Å². The molecule has 0 radical (unpaired) electrons. The molecule has 0 saturated heterocycles. The van der Waals surface area contributed by atoms with Gasteiger partial charge in [-0.1, -0.05) is 68.4 Å². The molecule has 0 unspecified atom stereocenters. The van der Waals surface area contributed by atoms with Crippen molar-refractivity contribution in [3.8, 4) is 5.75 Å². The van der Waals surface area contributed by atoms with Crippen molar-refractivity contribution < 1.29 is 9.53 Å². The van der Waals surface area contributed by atoms with Crippen LogP contribution in [0.2, 0.25) is 0 Å². The van der Waals surface area contributed by atoms with Crippen LogP contribution >= 0.6 is 0 Å². The lowest BCUT2D eigenvalue weighted by atomic mass is 9.83. The average molecular weight is 345 g/mol. The molecule has 3 aromatic rings. The first kappa shape index (κ1) is 16.6. The topological polar surface area (TPSA) is 38.3 Å². The van der Waals surface area contributed by atoms with E-state index in [0.717, 1.165) is 33.3 Å².